The lowest BCUT2D eigenvalue weighted by atomic mass is 9.58. The van der Waals surface area contributed by atoms with E-state index in [2.05, 4.69) is 6.92 Å². The molecule has 0 aliphatic heterocycles. The summed E-state index contributed by atoms with van der Waals surface area (Å²) in [5.41, 5.74) is 5.79. The SMILES string of the molecule is CC1CC(CN)(C(O)c2ccccc2F)C1. The predicted octanol–water partition coefficient (Wildman–Crippen LogP) is 2.23. The van der Waals surface area contributed by atoms with Gasteiger partial charge in [0.2, 0.25) is 0 Å². The standard InChI is InChI=1S/C13H18FNO/c1-9-6-13(7-9,8-15)12(16)10-4-2-3-5-11(10)14/h2-5,9,12,16H,6-8,15H2,1H3. The molecule has 3 N–H and O–H groups in total. The first kappa shape index (κ1) is 11.6. The van der Waals surface area contributed by atoms with Crippen molar-refractivity contribution >= 4 is 0 Å². The van der Waals surface area contributed by atoms with Gasteiger partial charge in [0.1, 0.15) is 5.82 Å². The Morgan fingerprint density at radius 1 is 1.50 bits per heavy atom. The van der Waals surface area contributed by atoms with Gasteiger partial charge in [-0.1, -0.05) is 25.1 Å². The van der Waals surface area contributed by atoms with E-state index >= 15 is 0 Å². The average molecular weight is 223 g/mol. The van der Waals surface area contributed by atoms with Crippen LogP contribution in [0.4, 0.5) is 4.39 Å². The lowest BCUT2D eigenvalue weighted by Gasteiger charge is -2.49. The summed E-state index contributed by atoms with van der Waals surface area (Å²) in [7, 11) is 0. The molecule has 0 heterocycles. The minimum atomic E-state index is -0.783. The van der Waals surface area contributed by atoms with Gasteiger partial charge in [-0.3, -0.25) is 0 Å². The number of benzene rings is 1. The zero-order valence-corrected chi connectivity index (χ0v) is 9.49. The highest BCUT2D eigenvalue weighted by Gasteiger charge is 2.47. The van der Waals surface area contributed by atoms with Crippen molar-refractivity contribution in [3.63, 3.8) is 0 Å². The fourth-order valence-electron chi connectivity index (χ4n) is 2.86. The van der Waals surface area contributed by atoms with E-state index in [9.17, 15) is 9.50 Å². The van der Waals surface area contributed by atoms with Crippen LogP contribution in [0, 0.1) is 17.2 Å². The third-order valence-electron chi connectivity index (χ3n) is 3.70. The van der Waals surface area contributed by atoms with Gasteiger partial charge in [-0.05, 0) is 24.8 Å². The first-order valence-corrected chi connectivity index (χ1v) is 5.71. The minimum Gasteiger partial charge on any atom is -0.388 e. The smallest absolute Gasteiger partial charge is 0.129 e. The fraction of sp³-hybridized carbons (Fsp3) is 0.538. The Labute approximate surface area is 95.3 Å². The molecule has 88 valence electrons. The molecule has 0 spiro atoms. The normalized spacial score (nSPS) is 30.9. The molecule has 1 aromatic carbocycles. The first-order valence-electron chi connectivity index (χ1n) is 5.71. The molecular weight excluding hydrogens is 205 g/mol. The summed E-state index contributed by atoms with van der Waals surface area (Å²) in [6.45, 7) is 2.54. The van der Waals surface area contributed by atoms with Crippen LogP contribution in [0.25, 0.3) is 0 Å². The van der Waals surface area contributed by atoms with E-state index in [1.54, 1.807) is 18.2 Å². The summed E-state index contributed by atoms with van der Waals surface area (Å²) >= 11 is 0. The van der Waals surface area contributed by atoms with Crippen LogP contribution >= 0.6 is 0 Å². The van der Waals surface area contributed by atoms with Gasteiger partial charge < -0.3 is 10.8 Å². The van der Waals surface area contributed by atoms with Crippen molar-refractivity contribution < 1.29 is 9.50 Å². The van der Waals surface area contributed by atoms with E-state index in [0.29, 0.717) is 18.0 Å². The zero-order chi connectivity index (χ0) is 11.8. The van der Waals surface area contributed by atoms with Crippen molar-refractivity contribution in [1.82, 2.24) is 0 Å². The Hall–Kier alpha value is -0.930. The van der Waals surface area contributed by atoms with Gasteiger partial charge in [-0.25, -0.2) is 4.39 Å². The van der Waals surface area contributed by atoms with Gasteiger partial charge in [0, 0.05) is 17.5 Å². The highest BCUT2D eigenvalue weighted by atomic mass is 19.1. The maximum atomic E-state index is 13.6. The van der Waals surface area contributed by atoms with E-state index in [0.717, 1.165) is 12.8 Å². The highest BCUT2D eigenvalue weighted by molar-refractivity contribution is 5.23. The summed E-state index contributed by atoms with van der Waals surface area (Å²) in [6.07, 6.45) is 0.966. The third-order valence-corrected chi connectivity index (χ3v) is 3.70. The van der Waals surface area contributed by atoms with Crippen molar-refractivity contribution in [3.8, 4) is 0 Å². The average Bonchev–Trinajstić information content (AvgIpc) is 2.24. The highest BCUT2D eigenvalue weighted by Crippen LogP contribution is 2.52. The Balaban J connectivity index is 2.25. The maximum absolute atomic E-state index is 13.6. The lowest BCUT2D eigenvalue weighted by molar-refractivity contribution is -0.0617. The Bertz CT molecular complexity index is 374. The van der Waals surface area contributed by atoms with E-state index in [1.165, 1.54) is 6.07 Å². The molecule has 1 unspecified atom stereocenters. The summed E-state index contributed by atoms with van der Waals surface area (Å²) in [5, 5.41) is 10.3. The van der Waals surface area contributed by atoms with Gasteiger partial charge in [0.05, 0.1) is 6.10 Å². The van der Waals surface area contributed by atoms with Crippen LogP contribution in [0.15, 0.2) is 24.3 Å². The Morgan fingerprint density at radius 3 is 2.62 bits per heavy atom. The second-order valence-corrected chi connectivity index (χ2v) is 5.00. The van der Waals surface area contributed by atoms with Crippen molar-refractivity contribution in [2.75, 3.05) is 6.54 Å². The quantitative estimate of drug-likeness (QED) is 0.825. The molecule has 0 radical (unpaired) electrons. The number of nitrogens with two attached hydrogens (primary N) is 1. The molecule has 1 aliphatic carbocycles. The van der Waals surface area contributed by atoms with Gasteiger partial charge >= 0.3 is 0 Å². The van der Waals surface area contributed by atoms with E-state index in [4.69, 9.17) is 5.73 Å². The molecule has 0 bridgehead atoms. The number of hydrogen-bond acceptors (Lipinski definition) is 2. The maximum Gasteiger partial charge on any atom is 0.129 e. The summed E-state index contributed by atoms with van der Waals surface area (Å²) < 4.78 is 13.6. The summed E-state index contributed by atoms with van der Waals surface area (Å²) in [4.78, 5) is 0. The largest absolute Gasteiger partial charge is 0.388 e. The van der Waals surface area contributed by atoms with E-state index in [1.807, 2.05) is 0 Å². The van der Waals surface area contributed by atoms with Crippen LogP contribution in [-0.4, -0.2) is 11.7 Å². The van der Waals surface area contributed by atoms with Crippen LogP contribution < -0.4 is 5.73 Å². The number of rotatable bonds is 3. The lowest BCUT2D eigenvalue weighted by Crippen LogP contribution is -2.47. The molecule has 3 heteroatoms. The van der Waals surface area contributed by atoms with Crippen LogP contribution in [0.2, 0.25) is 0 Å². The molecule has 2 nitrogen and oxygen atoms in total. The van der Waals surface area contributed by atoms with Crippen LogP contribution in [0.3, 0.4) is 0 Å². The molecule has 1 atom stereocenters. The molecule has 1 aliphatic rings. The molecule has 1 fully saturated rings. The molecule has 1 saturated carbocycles. The predicted molar refractivity (Wildman–Crippen MR) is 61.2 cm³/mol. The second kappa shape index (κ2) is 4.15. The van der Waals surface area contributed by atoms with Gasteiger partial charge in [0.15, 0.2) is 0 Å². The summed E-state index contributed by atoms with van der Waals surface area (Å²) in [6, 6.07) is 6.39. The monoisotopic (exact) mass is 223 g/mol. The molecule has 0 saturated heterocycles. The molecule has 16 heavy (non-hydrogen) atoms. The Kier molecular flexibility index (Phi) is 3.00. The first-order chi connectivity index (χ1) is 7.59. The second-order valence-electron chi connectivity index (χ2n) is 5.00. The molecule has 0 amide bonds. The molecule has 0 aromatic heterocycles. The van der Waals surface area contributed by atoms with Crippen LogP contribution in [0.5, 0.6) is 0 Å². The topological polar surface area (TPSA) is 46.2 Å². The van der Waals surface area contributed by atoms with Crippen LogP contribution in [-0.2, 0) is 0 Å². The number of aliphatic hydroxyl groups is 1. The number of halogens is 1. The van der Waals surface area contributed by atoms with Gasteiger partial charge in [0.25, 0.3) is 0 Å². The summed E-state index contributed by atoms with van der Waals surface area (Å²) in [5.74, 6) is 0.229. The Morgan fingerprint density at radius 2 is 2.12 bits per heavy atom. The van der Waals surface area contributed by atoms with Crippen molar-refractivity contribution in [2.45, 2.75) is 25.9 Å². The number of aliphatic hydroxyl groups excluding tert-OH is 1. The molecule has 2 rings (SSSR count). The van der Waals surface area contributed by atoms with E-state index in [-0.39, 0.29) is 11.2 Å². The third kappa shape index (κ3) is 1.74. The van der Waals surface area contributed by atoms with Crippen LogP contribution in [0.1, 0.15) is 31.4 Å². The van der Waals surface area contributed by atoms with Crippen molar-refractivity contribution in [2.24, 2.45) is 17.1 Å². The zero-order valence-electron chi connectivity index (χ0n) is 9.49. The van der Waals surface area contributed by atoms with Gasteiger partial charge in [-0.15, -0.1) is 0 Å². The van der Waals surface area contributed by atoms with Crippen molar-refractivity contribution in [3.05, 3.63) is 35.6 Å². The molecular formula is C13H18FNO. The van der Waals surface area contributed by atoms with Crippen molar-refractivity contribution in [1.29, 1.82) is 0 Å². The fourth-order valence-corrected chi connectivity index (χ4v) is 2.86. The molecule has 1 aromatic rings. The van der Waals surface area contributed by atoms with E-state index < -0.39 is 6.10 Å². The van der Waals surface area contributed by atoms with Gasteiger partial charge in [-0.2, -0.15) is 0 Å². The minimum absolute atomic E-state index is 0.318. The number of hydrogen-bond donors (Lipinski definition) is 2.